The first-order chi connectivity index (χ1) is 14.7. The molecule has 1 amide bonds. The molecule has 1 aromatic heterocycles. The van der Waals surface area contributed by atoms with Gasteiger partial charge in [0.25, 0.3) is 5.91 Å². The van der Waals surface area contributed by atoms with Crippen molar-refractivity contribution in [3.63, 3.8) is 0 Å². The van der Waals surface area contributed by atoms with Crippen LogP contribution in [0.25, 0.3) is 21.8 Å². The number of nitrogens with one attached hydrogen (secondary N) is 1. The van der Waals surface area contributed by atoms with Gasteiger partial charge in [0.2, 0.25) is 0 Å². The highest BCUT2D eigenvalue weighted by atomic mass is 32.1. The number of amides is 1. The second kappa shape index (κ2) is 9.37. The van der Waals surface area contributed by atoms with E-state index in [1.54, 1.807) is 11.3 Å². The van der Waals surface area contributed by atoms with E-state index in [0.29, 0.717) is 12.3 Å². The predicted octanol–water partition coefficient (Wildman–Crippen LogP) is 5.48. The number of carbonyl (C=O) groups is 1. The number of ether oxygens (including phenoxy) is 1. The van der Waals surface area contributed by atoms with Gasteiger partial charge >= 0.3 is 0 Å². The van der Waals surface area contributed by atoms with E-state index in [9.17, 15) is 4.79 Å². The van der Waals surface area contributed by atoms with Crippen LogP contribution in [0.3, 0.4) is 0 Å². The summed E-state index contributed by atoms with van der Waals surface area (Å²) in [5.41, 5.74) is 5.45. The zero-order chi connectivity index (χ0) is 20.8. The molecule has 0 spiro atoms. The third-order valence-corrected chi connectivity index (χ3v) is 5.55. The normalized spacial score (nSPS) is 10.6. The summed E-state index contributed by atoms with van der Waals surface area (Å²) in [4.78, 5) is 16.8. The molecular formula is C25H22N2O2S. The summed E-state index contributed by atoms with van der Waals surface area (Å²) in [6.45, 7) is 2.54. The molecule has 30 heavy (non-hydrogen) atoms. The van der Waals surface area contributed by atoms with Crippen LogP contribution in [-0.2, 0) is 11.3 Å². The lowest BCUT2D eigenvalue weighted by molar-refractivity contribution is -0.123. The summed E-state index contributed by atoms with van der Waals surface area (Å²) in [6.07, 6.45) is 0. The third-order valence-electron chi connectivity index (χ3n) is 4.66. The van der Waals surface area contributed by atoms with Crippen molar-refractivity contribution >= 4 is 17.2 Å². The van der Waals surface area contributed by atoms with Gasteiger partial charge in [-0.3, -0.25) is 4.79 Å². The molecule has 4 rings (SSSR count). The Morgan fingerprint density at radius 2 is 1.63 bits per heavy atom. The van der Waals surface area contributed by atoms with E-state index in [2.05, 4.69) is 41.9 Å². The number of benzene rings is 3. The van der Waals surface area contributed by atoms with E-state index in [-0.39, 0.29) is 12.5 Å². The maximum absolute atomic E-state index is 12.0. The zero-order valence-electron chi connectivity index (χ0n) is 16.7. The van der Waals surface area contributed by atoms with Crippen molar-refractivity contribution in [3.8, 4) is 27.6 Å². The van der Waals surface area contributed by atoms with Crippen molar-refractivity contribution in [3.05, 3.63) is 95.4 Å². The molecule has 5 heteroatoms. The summed E-state index contributed by atoms with van der Waals surface area (Å²) in [6, 6.07) is 25.8. The van der Waals surface area contributed by atoms with Crippen LogP contribution in [-0.4, -0.2) is 17.5 Å². The van der Waals surface area contributed by atoms with Crippen molar-refractivity contribution in [2.24, 2.45) is 0 Å². The highest BCUT2D eigenvalue weighted by molar-refractivity contribution is 7.13. The number of para-hydroxylation sites is 1. The predicted molar refractivity (Wildman–Crippen MR) is 122 cm³/mol. The SMILES string of the molecule is Cc1ccc(-c2csc(-c3ccc(CNC(=O)COc4ccccc4)cc3)n2)cc1. The number of carbonyl (C=O) groups excluding carboxylic acids is 1. The Balaban J connectivity index is 1.32. The van der Waals surface area contributed by atoms with Crippen LogP contribution in [0.5, 0.6) is 5.75 Å². The van der Waals surface area contributed by atoms with Crippen molar-refractivity contribution in [1.29, 1.82) is 0 Å². The van der Waals surface area contributed by atoms with Crippen LogP contribution in [0, 0.1) is 6.92 Å². The molecule has 0 aliphatic rings. The second-order valence-electron chi connectivity index (χ2n) is 6.98. The van der Waals surface area contributed by atoms with Gasteiger partial charge < -0.3 is 10.1 Å². The number of aryl methyl sites for hydroxylation is 1. The van der Waals surface area contributed by atoms with Gasteiger partial charge in [-0.1, -0.05) is 72.3 Å². The minimum Gasteiger partial charge on any atom is -0.484 e. The topological polar surface area (TPSA) is 51.2 Å². The monoisotopic (exact) mass is 414 g/mol. The number of thiazole rings is 1. The van der Waals surface area contributed by atoms with Crippen LogP contribution >= 0.6 is 11.3 Å². The van der Waals surface area contributed by atoms with Gasteiger partial charge in [0.05, 0.1) is 5.69 Å². The molecule has 4 aromatic rings. The Morgan fingerprint density at radius 3 is 2.37 bits per heavy atom. The molecule has 0 saturated heterocycles. The number of hydrogen-bond acceptors (Lipinski definition) is 4. The summed E-state index contributed by atoms with van der Waals surface area (Å²) < 4.78 is 5.46. The fraction of sp³-hybridized carbons (Fsp3) is 0.120. The minimum absolute atomic E-state index is 0.00298. The minimum atomic E-state index is -0.148. The van der Waals surface area contributed by atoms with E-state index in [1.165, 1.54) is 5.56 Å². The van der Waals surface area contributed by atoms with E-state index in [0.717, 1.165) is 27.4 Å². The van der Waals surface area contributed by atoms with Gasteiger partial charge in [0.15, 0.2) is 6.61 Å². The van der Waals surface area contributed by atoms with Gasteiger partial charge in [-0.15, -0.1) is 11.3 Å². The average Bonchev–Trinajstić information content (AvgIpc) is 3.28. The van der Waals surface area contributed by atoms with Crippen LogP contribution in [0.4, 0.5) is 0 Å². The molecule has 3 aromatic carbocycles. The maximum atomic E-state index is 12.0. The zero-order valence-corrected chi connectivity index (χ0v) is 17.5. The standard InChI is InChI=1S/C25H22N2O2S/c1-18-7-11-20(12-8-18)23-17-30-25(27-23)21-13-9-19(10-14-21)15-26-24(28)16-29-22-5-3-2-4-6-22/h2-14,17H,15-16H2,1H3,(H,26,28). The molecule has 4 nitrogen and oxygen atoms in total. The largest absolute Gasteiger partial charge is 0.484 e. The van der Waals surface area contributed by atoms with Gasteiger partial charge in [-0.05, 0) is 24.6 Å². The number of aromatic nitrogens is 1. The van der Waals surface area contributed by atoms with Crippen LogP contribution < -0.4 is 10.1 Å². The molecule has 1 N–H and O–H groups in total. The number of hydrogen-bond donors (Lipinski definition) is 1. The Bertz CT molecular complexity index is 1100. The molecule has 0 atom stereocenters. The van der Waals surface area contributed by atoms with E-state index in [1.807, 2.05) is 54.6 Å². The molecule has 0 fully saturated rings. The first-order valence-corrected chi connectivity index (χ1v) is 10.6. The molecule has 150 valence electrons. The molecule has 0 unspecified atom stereocenters. The fourth-order valence-corrected chi connectivity index (χ4v) is 3.78. The van der Waals surface area contributed by atoms with Crippen LogP contribution in [0.2, 0.25) is 0 Å². The van der Waals surface area contributed by atoms with E-state index >= 15 is 0 Å². The highest BCUT2D eigenvalue weighted by Gasteiger charge is 2.08. The molecule has 0 aliphatic carbocycles. The Hall–Kier alpha value is -3.44. The molecule has 1 heterocycles. The van der Waals surface area contributed by atoms with Crippen molar-refractivity contribution in [2.75, 3.05) is 6.61 Å². The highest BCUT2D eigenvalue weighted by Crippen LogP contribution is 2.29. The first-order valence-electron chi connectivity index (χ1n) is 9.74. The van der Waals surface area contributed by atoms with Gasteiger partial charge in [0.1, 0.15) is 10.8 Å². The molecule has 0 radical (unpaired) electrons. The van der Waals surface area contributed by atoms with Crippen LogP contribution in [0.1, 0.15) is 11.1 Å². The quantitative estimate of drug-likeness (QED) is 0.436. The smallest absolute Gasteiger partial charge is 0.258 e. The summed E-state index contributed by atoms with van der Waals surface area (Å²) >= 11 is 1.63. The summed E-state index contributed by atoms with van der Waals surface area (Å²) in [5.74, 6) is 0.538. The first kappa shape index (κ1) is 19.9. The van der Waals surface area contributed by atoms with Crippen molar-refractivity contribution in [2.45, 2.75) is 13.5 Å². The van der Waals surface area contributed by atoms with E-state index in [4.69, 9.17) is 9.72 Å². The number of rotatable bonds is 7. The third kappa shape index (κ3) is 5.13. The van der Waals surface area contributed by atoms with Gasteiger partial charge in [0, 0.05) is 23.1 Å². The second-order valence-corrected chi connectivity index (χ2v) is 7.84. The molecule has 0 saturated carbocycles. The fourth-order valence-electron chi connectivity index (χ4n) is 2.95. The van der Waals surface area contributed by atoms with Gasteiger partial charge in [-0.25, -0.2) is 4.98 Å². The lowest BCUT2D eigenvalue weighted by Crippen LogP contribution is -2.28. The summed E-state index contributed by atoms with van der Waals surface area (Å²) in [5, 5.41) is 5.95. The lowest BCUT2D eigenvalue weighted by atomic mass is 10.1. The molecule has 0 bridgehead atoms. The van der Waals surface area contributed by atoms with Crippen molar-refractivity contribution < 1.29 is 9.53 Å². The number of nitrogens with zero attached hydrogens (tertiary/aromatic N) is 1. The summed E-state index contributed by atoms with van der Waals surface area (Å²) in [7, 11) is 0. The Kier molecular flexibility index (Phi) is 6.20. The molecule has 0 aliphatic heterocycles. The Labute approximate surface area is 180 Å². The van der Waals surface area contributed by atoms with Gasteiger partial charge in [-0.2, -0.15) is 0 Å². The Morgan fingerprint density at radius 1 is 0.933 bits per heavy atom. The van der Waals surface area contributed by atoms with Crippen molar-refractivity contribution in [1.82, 2.24) is 10.3 Å². The van der Waals surface area contributed by atoms with E-state index < -0.39 is 0 Å². The lowest BCUT2D eigenvalue weighted by Gasteiger charge is -2.08. The average molecular weight is 415 g/mol. The maximum Gasteiger partial charge on any atom is 0.258 e. The van der Waals surface area contributed by atoms with Crippen LogP contribution in [0.15, 0.2) is 84.2 Å². The molecular weight excluding hydrogens is 392 g/mol.